The average Bonchev–Trinajstić information content (AvgIpc) is 3.22. The van der Waals surface area contributed by atoms with Crippen LogP contribution in [-0.4, -0.2) is 58.5 Å². The van der Waals surface area contributed by atoms with Crippen LogP contribution < -0.4 is 10.1 Å². The topological polar surface area (TPSA) is 89.4 Å². The first kappa shape index (κ1) is 20.8. The molecule has 29 heavy (non-hydrogen) atoms. The summed E-state index contributed by atoms with van der Waals surface area (Å²) in [6, 6.07) is 7.60. The van der Waals surface area contributed by atoms with Crippen LogP contribution in [0.25, 0.3) is 0 Å². The molecular weight excluding hydrogens is 370 g/mol. The summed E-state index contributed by atoms with van der Waals surface area (Å²) in [5.74, 6) is 0.985. The number of piperidine rings is 1. The van der Waals surface area contributed by atoms with Gasteiger partial charge in [-0.2, -0.15) is 0 Å². The maximum Gasteiger partial charge on any atom is 0.273 e. The Morgan fingerprint density at radius 3 is 2.93 bits per heavy atom. The van der Waals surface area contributed by atoms with E-state index >= 15 is 0 Å². The Bertz CT molecular complexity index is 848. The quantitative estimate of drug-likeness (QED) is 0.770. The van der Waals surface area contributed by atoms with Crippen molar-refractivity contribution in [2.24, 2.45) is 5.92 Å². The Morgan fingerprint density at radius 2 is 2.17 bits per heavy atom. The molecule has 0 unspecified atom stereocenters. The Morgan fingerprint density at radius 1 is 1.34 bits per heavy atom. The third-order valence-corrected chi connectivity index (χ3v) is 5.03. The number of nitrogens with one attached hydrogen (secondary N) is 1. The predicted octanol–water partition coefficient (Wildman–Crippen LogP) is 2.08. The minimum atomic E-state index is -0.216. The molecule has 1 saturated heterocycles. The molecule has 1 aromatic heterocycles. The SMILES string of the molecule is COc1cccc(CC(=O)N2CCC[C@H](n3cc(C(=O)NCC(C)C)nn3)C2)c1. The van der Waals surface area contributed by atoms with E-state index in [-0.39, 0.29) is 17.9 Å². The van der Waals surface area contributed by atoms with Crippen molar-refractivity contribution in [1.29, 1.82) is 0 Å². The van der Waals surface area contributed by atoms with Gasteiger partial charge in [-0.15, -0.1) is 5.10 Å². The number of ether oxygens (including phenoxy) is 1. The van der Waals surface area contributed by atoms with E-state index in [1.807, 2.05) is 43.0 Å². The molecule has 1 aromatic carbocycles. The second-order valence-electron chi connectivity index (χ2n) is 7.85. The number of rotatable bonds is 7. The van der Waals surface area contributed by atoms with E-state index in [0.29, 0.717) is 31.1 Å². The average molecular weight is 399 g/mol. The number of hydrogen-bond acceptors (Lipinski definition) is 5. The molecule has 0 bridgehead atoms. The van der Waals surface area contributed by atoms with Gasteiger partial charge in [-0.1, -0.05) is 31.2 Å². The molecule has 1 N–H and O–H groups in total. The Hall–Kier alpha value is -2.90. The highest BCUT2D eigenvalue weighted by Crippen LogP contribution is 2.22. The highest BCUT2D eigenvalue weighted by atomic mass is 16.5. The van der Waals surface area contributed by atoms with Crippen molar-refractivity contribution >= 4 is 11.8 Å². The van der Waals surface area contributed by atoms with Crippen LogP contribution >= 0.6 is 0 Å². The first-order valence-corrected chi connectivity index (χ1v) is 10.1. The number of benzene rings is 1. The highest BCUT2D eigenvalue weighted by molar-refractivity contribution is 5.91. The second-order valence-corrected chi connectivity index (χ2v) is 7.85. The number of amides is 2. The van der Waals surface area contributed by atoms with Gasteiger partial charge in [0.2, 0.25) is 5.91 Å². The van der Waals surface area contributed by atoms with E-state index in [4.69, 9.17) is 4.74 Å². The molecule has 0 radical (unpaired) electrons. The zero-order valence-electron chi connectivity index (χ0n) is 17.3. The van der Waals surface area contributed by atoms with E-state index in [2.05, 4.69) is 15.6 Å². The number of carbonyl (C=O) groups is 2. The maximum absolute atomic E-state index is 12.8. The molecular formula is C21H29N5O3. The molecule has 2 aromatic rings. The lowest BCUT2D eigenvalue weighted by Crippen LogP contribution is -2.41. The summed E-state index contributed by atoms with van der Waals surface area (Å²) in [5.41, 5.74) is 1.24. The fourth-order valence-electron chi connectivity index (χ4n) is 3.41. The molecule has 0 saturated carbocycles. The number of hydrogen-bond donors (Lipinski definition) is 1. The van der Waals surface area contributed by atoms with E-state index in [0.717, 1.165) is 30.7 Å². The fraction of sp³-hybridized carbons (Fsp3) is 0.524. The van der Waals surface area contributed by atoms with Crippen LogP contribution in [0.5, 0.6) is 5.75 Å². The Kier molecular flexibility index (Phi) is 6.85. The summed E-state index contributed by atoms with van der Waals surface area (Å²) >= 11 is 0. The van der Waals surface area contributed by atoms with Crippen molar-refractivity contribution in [1.82, 2.24) is 25.2 Å². The monoisotopic (exact) mass is 399 g/mol. The van der Waals surface area contributed by atoms with Crippen molar-refractivity contribution in [3.63, 3.8) is 0 Å². The molecule has 1 atom stereocenters. The summed E-state index contributed by atoms with van der Waals surface area (Å²) in [6.07, 6.45) is 3.81. The number of carbonyl (C=O) groups excluding carboxylic acids is 2. The van der Waals surface area contributed by atoms with Crippen LogP contribution in [0.3, 0.4) is 0 Å². The van der Waals surface area contributed by atoms with Crippen LogP contribution in [0, 0.1) is 5.92 Å². The molecule has 1 aliphatic rings. The zero-order chi connectivity index (χ0) is 20.8. The minimum Gasteiger partial charge on any atom is -0.497 e. The summed E-state index contributed by atoms with van der Waals surface area (Å²) in [7, 11) is 1.62. The Labute approximate surface area is 171 Å². The molecule has 1 aliphatic heterocycles. The van der Waals surface area contributed by atoms with Crippen LogP contribution in [0.4, 0.5) is 0 Å². The first-order valence-electron chi connectivity index (χ1n) is 10.1. The van der Waals surface area contributed by atoms with Gasteiger partial charge >= 0.3 is 0 Å². The van der Waals surface area contributed by atoms with Crippen molar-refractivity contribution in [3.8, 4) is 5.75 Å². The predicted molar refractivity (Wildman–Crippen MR) is 109 cm³/mol. The smallest absolute Gasteiger partial charge is 0.273 e. The van der Waals surface area contributed by atoms with Gasteiger partial charge in [-0.25, -0.2) is 4.68 Å². The highest BCUT2D eigenvalue weighted by Gasteiger charge is 2.26. The summed E-state index contributed by atoms with van der Waals surface area (Å²) in [6.45, 7) is 5.98. The first-order chi connectivity index (χ1) is 14.0. The third kappa shape index (κ3) is 5.56. The lowest BCUT2D eigenvalue weighted by atomic mass is 10.0. The van der Waals surface area contributed by atoms with Crippen molar-refractivity contribution in [3.05, 3.63) is 41.7 Å². The lowest BCUT2D eigenvalue weighted by Gasteiger charge is -2.32. The van der Waals surface area contributed by atoms with Gasteiger partial charge in [-0.05, 0) is 36.5 Å². The van der Waals surface area contributed by atoms with Crippen LogP contribution in [-0.2, 0) is 11.2 Å². The zero-order valence-corrected chi connectivity index (χ0v) is 17.3. The number of likely N-dealkylation sites (tertiary alicyclic amines) is 1. The third-order valence-electron chi connectivity index (χ3n) is 5.03. The number of nitrogens with zero attached hydrogens (tertiary/aromatic N) is 4. The van der Waals surface area contributed by atoms with E-state index < -0.39 is 0 Å². The summed E-state index contributed by atoms with van der Waals surface area (Å²) in [5, 5.41) is 11.0. The van der Waals surface area contributed by atoms with Crippen molar-refractivity contribution < 1.29 is 14.3 Å². The Balaban J connectivity index is 1.60. The van der Waals surface area contributed by atoms with E-state index in [1.54, 1.807) is 18.0 Å². The van der Waals surface area contributed by atoms with Gasteiger partial charge in [0.25, 0.3) is 5.91 Å². The maximum atomic E-state index is 12.8. The summed E-state index contributed by atoms with van der Waals surface area (Å²) < 4.78 is 6.95. The molecule has 0 aliphatic carbocycles. The molecule has 2 amide bonds. The molecule has 156 valence electrons. The van der Waals surface area contributed by atoms with Crippen LogP contribution in [0.15, 0.2) is 30.5 Å². The van der Waals surface area contributed by atoms with Crippen LogP contribution in [0.1, 0.15) is 48.8 Å². The lowest BCUT2D eigenvalue weighted by molar-refractivity contribution is -0.132. The van der Waals surface area contributed by atoms with Gasteiger partial charge in [-0.3, -0.25) is 9.59 Å². The number of aromatic nitrogens is 3. The van der Waals surface area contributed by atoms with Gasteiger partial charge in [0.1, 0.15) is 5.75 Å². The van der Waals surface area contributed by atoms with Gasteiger partial charge in [0.05, 0.1) is 25.8 Å². The number of methoxy groups -OCH3 is 1. The molecule has 2 heterocycles. The second kappa shape index (κ2) is 9.54. The van der Waals surface area contributed by atoms with Gasteiger partial charge < -0.3 is 15.0 Å². The van der Waals surface area contributed by atoms with E-state index in [9.17, 15) is 9.59 Å². The fourth-order valence-corrected chi connectivity index (χ4v) is 3.41. The molecule has 0 spiro atoms. The summed E-state index contributed by atoms with van der Waals surface area (Å²) in [4.78, 5) is 26.8. The van der Waals surface area contributed by atoms with E-state index in [1.165, 1.54) is 0 Å². The normalized spacial score (nSPS) is 16.7. The molecule has 8 nitrogen and oxygen atoms in total. The minimum absolute atomic E-state index is 0.0251. The standard InChI is InChI=1S/C21H29N5O3/c1-15(2)12-22-21(28)19-14-26(24-23-19)17-7-5-9-25(13-17)20(27)11-16-6-4-8-18(10-16)29-3/h4,6,8,10,14-15,17H,5,7,9,11-13H2,1-3H3,(H,22,28)/t17-/m0/s1. The van der Waals surface area contributed by atoms with Crippen molar-refractivity contribution in [2.75, 3.05) is 26.7 Å². The largest absolute Gasteiger partial charge is 0.497 e. The molecule has 8 heteroatoms. The van der Waals surface area contributed by atoms with Gasteiger partial charge in [0, 0.05) is 19.6 Å². The molecule has 3 rings (SSSR count). The van der Waals surface area contributed by atoms with Crippen molar-refractivity contribution in [2.45, 2.75) is 39.2 Å². The molecule has 1 fully saturated rings. The van der Waals surface area contributed by atoms with Gasteiger partial charge in [0.15, 0.2) is 5.69 Å². The van der Waals surface area contributed by atoms with Crippen LogP contribution in [0.2, 0.25) is 0 Å².